The van der Waals surface area contributed by atoms with Gasteiger partial charge in [-0.05, 0) is 18.2 Å². The van der Waals surface area contributed by atoms with Crippen LogP contribution in [0.5, 0.6) is 0 Å². The maximum Gasteiger partial charge on any atom is 0.342 e. The lowest BCUT2D eigenvalue weighted by molar-refractivity contribution is 0.0694. The zero-order valence-corrected chi connectivity index (χ0v) is 11.1. The van der Waals surface area contributed by atoms with E-state index in [2.05, 4.69) is 15.1 Å². The Kier molecular flexibility index (Phi) is 4.00. The quantitative estimate of drug-likeness (QED) is 0.797. The first-order valence-electron chi connectivity index (χ1n) is 5.67. The van der Waals surface area contributed by atoms with Gasteiger partial charge >= 0.3 is 5.97 Å². The molecule has 0 unspecified atom stereocenters. The number of thioether (sulfide) groups is 1. The number of hydrogen-bond donors (Lipinski definition) is 2. The Morgan fingerprint density at radius 1 is 1.47 bits per heavy atom. The van der Waals surface area contributed by atoms with Crippen molar-refractivity contribution in [3.63, 3.8) is 0 Å². The Morgan fingerprint density at radius 3 is 2.74 bits per heavy atom. The van der Waals surface area contributed by atoms with E-state index >= 15 is 0 Å². The van der Waals surface area contributed by atoms with Crippen molar-refractivity contribution < 1.29 is 9.90 Å². The molecular weight excluding hydrogens is 266 g/mol. The van der Waals surface area contributed by atoms with Gasteiger partial charge in [-0.25, -0.2) is 14.8 Å². The molecule has 8 heteroatoms. The second kappa shape index (κ2) is 5.70. The van der Waals surface area contributed by atoms with Gasteiger partial charge in [0.15, 0.2) is 0 Å². The molecule has 2 aromatic heterocycles. The molecule has 0 bridgehead atoms. The smallest absolute Gasteiger partial charge is 0.342 e. The monoisotopic (exact) mass is 279 g/mol. The van der Waals surface area contributed by atoms with Crippen molar-refractivity contribution in [2.45, 2.75) is 18.4 Å². The van der Waals surface area contributed by atoms with E-state index in [1.165, 1.54) is 16.4 Å². The van der Waals surface area contributed by atoms with E-state index in [1.807, 2.05) is 6.92 Å². The average Bonchev–Trinajstić information content (AvgIpc) is 2.74. The van der Waals surface area contributed by atoms with Gasteiger partial charge in [-0.2, -0.15) is 9.78 Å². The summed E-state index contributed by atoms with van der Waals surface area (Å²) < 4.78 is 1.25. The minimum Gasteiger partial charge on any atom is -0.477 e. The number of nitrogen functional groups attached to an aromatic ring is 1. The van der Waals surface area contributed by atoms with Crippen molar-refractivity contribution in [1.29, 1.82) is 0 Å². The largest absolute Gasteiger partial charge is 0.477 e. The first-order valence-corrected chi connectivity index (χ1v) is 6.65. The Morgan fingerprint density at radius 2 is 2.16 bits per heavy atom. The standard InChI is InChI=1S/C11H13N5O2S/c1-2-6-19-9-7(10(17)18)8(12)16(15-9)11-13-4-3-5-14-11/h3-5H,2,6,12H2,1H3,(H,17,18). The van der Waals surface area contributed by atoms with Crippen molar-refractivity contribution in [2.75, 3.05) is 11.5 Å². The molecule has 0 aliphatic carbocycles. The highest BCUT2D eigenvalue weighted by molar-refractivity contribution is 7.99. The van der Waals surface area contributed by atoms with Gasteiger partial charge in [0.25, 0.3) is 5.95 Å². The number of aromatic carboxylic acids is 1. The number of carbonyl (C=O) groups is 1. The van der Waals surface area contributed by atoms with E-state index in [-0.39, 0.29) is 17.3 Å². The molecule has 2 heterocycles. The van der Waals surface area contributed by atoms with Crippen molar-refractivity contribution in [1.82, 2.24) is 19.7 Å². The van der Waals surface area contributed by atoms with Crippen LogP contribution in [0, 0.1) is 0 Å². The summed E-state index contributed by atoms with van der Waals surface area (Å²) in [5.41, 5.74) is 5.84. The molecule has 2 rings (SSSR count). The van der Waals surface area contributed by atoms with Crippen LogP contribution >= 0.6 is 11.8 Å². The molecule has 2 aromatic rings. The average molecular weight is 279 g/mol. The summed E-state index contributed by atoms with van der Waals surface area (Å²) >= 11 is 1.36. The molecule has 0 fully saturated rings. The predicted octanol–water partition coefficient (Wildman–Crippen LogP) is 1.44. The van der Waals surface area contributed by atoms with E-state index in [4.69, 9.17) is 5.73 Å². The van der Waals surface area contributed by atoms with Crippen LogP contribution in [-0.2, 0) is 0 Å². The molecular formula is C11H13N5O2S. The van der Waals surface area contributed by atoms with Gasteiger partial charge in [-0.3, -0.25) is 0 Å². The van der Waals surface area contributed by atoms with Crippen LogP contribution in [0.25, 0.3) is 5.95 Å². The van der Waals surface area contributed by atoms with Crippen molar-refractivity contribution >= 4 is 23.5 Å². The van der Waals surface area contributed by atoms with Crippen LogP contribution < -0.4 is 5.73 Å². The number of hydrogen-bond acceptors (Lipinski definition) is 6. The topological polar surface area (TPSA) is 107 Å². The lowest BCUT2D eigenvalue weighted by Crippen LogP contribution is -2.08. The first kappa shape index (κ1) is 13.3. The summed E-state index contributed by atoms with van der Waals surface area (Å²) in [6.45, 7) is 2.01. The van der Waals surface area contributed by atoms with E-state index in [0.29, 0.717) is 5.03 Å². The van der Waals surface area contributed by atoms with E-state index in [0.717, 1.165) is 12.2 Å². The molecule has 0 saturated heterocycles. The Bertz CT molecular complexity index is 584. The number of anilines is 1. The molecule has 3 N–H and O–H groups in total. The molecule has 7 nitrogen and oxygen atoms in total. The molecule has 0 amide bonds. The maximum absolute atomic E-state index is 11.3. The molecule has 0 saturated carbocycles. The van der Waals surface area contributed by atoms with Gasteiger partial charge in [0, 0.05) is 12.4 Å². The highest BCUT2D eigenvalue weighted by Crippen LogP contribution is 2.28. The third kappa shape index (κ3) is 2.68. The van der Waals surface area contributed by atoms with Gasteiger partial charge in [0.05, 0.1) is 0 Å². The molecule has 0 radical (unpaired) electrons. The Balaban J connectivity index is 2.49. The van der Waals surface area contributed by atoms with Gasteiger partial charge < -0.3 is 10.8 Å². The number of carboxylic acid groups (broad SMARTS) is 1. The summed E-state index contributed by atoms with van der Waals surface area (Å²) in [5.74, 6) is -0.0340. The summed E-state index contributed by atoms with van der Waals surface area (Å²) in [4.78, 5) is 19.3. The summed E-state index contributed by atoms with van der Waals surface area (Å²) in [5, 5.41) is 13.8. The fourth-order valence-corrected chi connectivity index (χ4v) is 2.34. The zero-order chi connectivity index (χ0) is 13.8. The fourth-order valence-electron chi connectivity index (χ4n) is 1.46. The normalized spacial score (nSPS) is 10.6. The molecule has 19 heavy (non-hydrogen) atoms. The third-order valence-corrected chi connectivity index (χ3v) is 3.46. The van der Waals surface area contributed by atoms with Crippen molar-refractivity contribution in [3.05, 3.63) is 24.0 Å². The lowest BCUT2D eigenvalue weighted by Gasteiger charge is -2.00. The van der Waals surface area contributed by atoms with Crippen molar-refractivity contribution in [2.24, 2.45) is 0 Å². The molecule has 0 aliphatic heterocycles. The first-order chi connectivity index (χ1) is 9.15. The molecule has 0 aromatic carbocycles. The van der Waals surface area contributed by atoms with E-state index < -0.39 is 5.97 Å². The predicted molar refractivity (Wildman–Crippen MR) is 71.5 cm³/mol. The second-order valence-corrected chi connectivity index (χ2v) is 4.76. The van der Waals surface area contributed by atoms with E-state index in [9.17, 15) is 9.90 Å². The summed E-state index contributed by atoms with van der Waals surface area (Å²) in [6.07, 6.45) is 4.00. The molecule has 100 valence electrons. The summed E-state index contributed by atoms with van der Waals surface area (Å²) in [7, 11) is 0. The highest BCUT2D eigenvalue weighted by atomic mass is 32.2. The molecule has 0 atom stereocenters. The third-order valence-electron chi connectivity index (χ3n) is 2.29. The number of carboxylic acids is 1. The molecule has 0 spiro atoms. The van der Waals surface area contributed by atoms with Gasteiger partial charge in [-0.1, -0.05) is 6.92 Å². The highest BCUT2D eigenvalue weighted by Gasteiger charge is 2.23. The van der Waals surface area contributed by atoms with Crippen LogP contribution in [0.4, 0.5) is 5.82 Å². The number of rotatable bonds is 5. The number of nitrogens with zero attached hydrogens (tertiary/aromatic N) is 4. The van der Waals surface area contributed by atoms with Crippen LogP contribution in [0.15, 0.2) is 23.5 Å². The minimum absolute atomic E-state index is 0.00547. The second-order valence-electron chi connectivity index (χ2n) is 3.68. The number of aromatic nitrogens is 4. The minimum atomic E-state index is -1.10. The van der Waals surface area contributed by atoms with E-state index in [1.54, 1.807) is 18.5 Å². The van der Waals surface area contributed by atoms with Crippen LogP contribution in [0.3, 0.4) is 0 Å². The fraction of sp³-hybridized carbons (Fsp3) is 0.273. The summed E-state index contributed by atoms with van der Waals surface area (Å²) in [6, 6.07) is 1.66. The van der Waals surface area contributed by atoms with Gasteiger partial charge in [0.1, 0.15) is 16.4 Å². The Hall–Kier alpha value is -2.09. The van der Waals surface area contributed by atoms with Gasteiger partial charge in [0.2, 0.25) is 0 Å². The van der Waals surface area contributed by atoms with Crippen LogP contribution in [0.2, 0.25) is 0 Å². The lowest BCUT2D eigenvalue weighted by atomic mass is 10.3. The zero-order valence-electron chi connectivity index (χ0n) is 10.3. The van der Waals surface area contributed by atoms with Crippen LogP contribution in [-0.4, -0.2) is 36.6 Å². The van der Waals surface area contributed by atoms with Crippen molar-refractivity contribution in [3.8, 4) is 5.95 Å². The number of nitrogens with two attached hydrogens (primary N) is 1. The molecule has 0 aliphatic rings. The maximum atomic E-state index is 11.3. The van der Waals surface area contributed by atoms with Gasteiger partial charge in [-0.15, -0.1) is 11.8 Å². The Labute approximate surface area is 113 Å². The van der Waals surface area contributed by atoms with Crippen LogP contribution in [0.1, 0.15) is 23.7 Å². The SMILES string of the molecule is CCCSc1nn(-c2ncccn2)c(N)c1C(=O)O.